The largest absolute Gasteiger partial charge is 0.444 e. The van der Waals surface area contributed by atoms with E-state index in [1.54, 1.807) is 15.9 Å². The Balaban J connectivity index is 1.26. The van der Waals surface area contributed by atoms with Gasteiger partial charge in [0.2, 0.25) is 5.91 Å². The third-order valence-corrected chi connectivity index (χ3v) is 6.90. The molecule has 10 nitrogen and oxygen atoms in total. The molecule has 2 amide bonds. The monoisotopic (exact) mass is 497 g/mol. The van der Waals surface area contributed by atoms with E-state index in [1.807, 2.05) is 38.2 Å². The van der Waals surface area contributed by atoms with Crippen LogP contribution in [0.25, 0.3) is 0 Å². The molecule has 0 saturated carbocycles. The number of likely N-dealkylation sites (tertiary alicyclic amines) is 2. The molecule has 0 aliphatic carbocycles. The highest BCUT2D eigenvalue weighted by Gasteiger charge is 2.34. The van der Waals surface area contributed by atoms with Gasteiger partial charge in [-0.25, -0.2) is 9.79 Å². The van der Waals surface area contributed by atoms with Gasteiger partial charge in [0.25, 0.3) is 0 Å². The van der Waals surface area contributed by atoms with Gasteiger partial charge in [0, 0.05) is 44.9 Å². The minimum atomic E-state index is -0.300. The van der Waals surface area contributed by atoms with Crippen LogP contribution in [-0.2, 0) is 9.53 Å². The van der Waals surface area contributed by atoms with Crippen molar-refractivity contribution in [2.75, 3.05) is 46.8 Å². The average molecular weight is 498 g/mol. The maximum absolute atomic E-state index is 12.8. The molecule has 1 unspecified atom stereocenters. The Hall–Kier alpha value is -3.01. The number of nitrogens with zero attached hydrogens (tertiary/aromatic N) is 6. The van der Waals surface area contributed by atoms with E-state index in [0.29, 0.717) is 45.1 Å². The third kappa shape index (κ3) is 6.21. The van der Waals surface area contributed by atoms with Gasteiger partial charge in [0.05, 0.1) is 18.3 Å². The first kappa shape index (κ1) is 26.1. The molecule has 0 bridgehead atoms. The fourth-order valence-electron chi connectivity index (χ4n) is 4.88. The minimum Gasteiger partial charge on any atom is -0.444 e. The highest BCUT2D eigenvalue weighted by atomic mass is 16.6. The number of nitrogens with one attached hydrogen (secondary N) is 1. The SMILES string of the molecule is CC1=NC(=NC2CCN(C(=O)O[C@@H]3CCN(C(=O)/C=C/CN(C)C)C3)CC2)C2N=CC(C(C)C)=C2N1. The van der Waals surface area contributed by atoms with Crippen LogP contribution in [0.5, 0.6) is 0 Å². The lowest BCUT2D eigenvalue weighted by molar-refractivity contribution is -0.125. The molecule has 2 atom stereocenters. The van der Waals surface area contributed by atoms with Crippen molar-refractivity contribution < 1.29 is 14.3 Å². The molecule has 196 valence electrons. The molecule has 2 fully saturated rings. The van der Waals surface area contributed by atoms with E-state index in [0.717, 1.165) is 30.2 Å². The Morgan fingerprint density at radius 2 is 1.94 bits per heavy atom. The molecule has 0 aromatic carbocycles. The van der Waals surface area contributed by atoms with Gasteiger partial charge in [-0.15, -0.1) is 0 Å². The second-order valence-corrected chi connectivity index (χ2v) is 10.5. The molecular weight excluding hydrogens is 458 g/mol. The number of piperidine rings is 1. The molecule has 4 aliphatic rings. The molecule has 0 aromatic heterocycles. The molecule has 4 aliphatic heterocycles. The normalized spacial score (nSPS) is 25.9. The Bertz CT molecular complexity index is 1000. The molecule has 0 radical (unpaired) electrons. The number of amidine groups is 2. The Kier molecular flexibility index (Phi) is 8.23. The number of rotatable bonds is 6. The number of fused-ring (bicyclic) bond motifs is 1. The van der Waals surface area contributed by atoms with Gasteiger partial charge in [-0.2, -0.15) is 0 Å². The van der Waals surface area contributed by atoms with Crippen LogP contribution in [0.3, 0.4) is 0 Å². The molecule has 2 saturated heterocycles. The van der Waals surface area contributed by atoms with Crippen LogP contribution >= 0.6 is 0 Å². The number of ether oxygens (including phenoxy) is 1. The lowest BCUT2D eigenvalue weighted by Crippen LogP contribution is -2.43. The summed E-state index contributed by atoms with van der Waals surface area (Å²) in [5, 5.41) is 3.38. The standard InChI is InChI=1S/C26H39N7O3/c1-17(2)21-15-27-24-23(21)28-18(3)29-25(24)30-19-8-12-32(13-9-19)26(35)36-20-10-14-33(16-20)22(34)7-6-11-31(4)5/h6-7,15,17,19-20,24H,8-14,16H2,1-5H3,(H,28,29,30)/b7-6+/t20-,24?/m1/s1. The Morgan fingerprint density at radius 3 is 2.64 bits per heavy atom. The van der Waals surface area contributed by atoms with Gasteiger partial charge < -0.3 is 24.8 Å². The quantitative estimate of drug-likeness (QED) is 0.566. The summed E-state index contributed by atoms with van der Waals surface area (Å²) in [6.45, 7) is 9.23. The zero-order valence-corrected chi connectivity index (χ0v) is 22.1. The molecule has 4 rings (SSSR count). The number of carbonyl (C=O) groups is 2. The summed E-state index contributed by atoms with van der Waals surface area (Å²) in [7, 11) is 3.91. The number of aliphatic imine (C=N–C) groups is 3. The molecule has 0 aromatic rings. The summed E-state index contributed by atoms with van der Waals surface area (Å²) in [6, 6.07) is -0.0494. The van der Waals surface area contributed by atoms with Gasteiger partial charge in [-0.3, -0.25) is 14.8 Å². The number of amides is 2. The van der Waals surface area contributed by atoms with Crippen molar-refractivity contribution in [1.82, 2.24) is 20.0 Å². The Labute approximate surface area is 213 Å². The second kappa shape index (κ2) is 11.4. The first-order valence-corrected chi connectivity index (χ1v) is 12.9. The van der Waals surface area contributed by atoms with E-state index in [4.69, 9.17) is 9.73 Å². The summed E-state index contributed by atoms with van der Waals surface area (Å²) in [5.41, 5.74) is 2.30. The lowest BCUT2D eigenvalue weighted by atomic mass is 9.99. The first-order chi connectivity index (χ1) is 17.2. The number of allylic oxidation sites excluding steroid dienone is 1. The van der Waals surface area contributed by atoms with Crippen molar-refractivity contribution in [3.8, 4) is 0 Å². The van der Waals surface area contributed by atoms with Crippen molar-refractivity contribution in [2.45, 2.75) is 58.2 Å². The number of hydrogen-bond donors (Lipinski definition) is 1. The van der Waals surface area contributed by atoms with Crippen molar-refractivity contribution in [2.24, 2.45) is 20.9 Å². The van der Waals surface area contributed by atoms with E-state index >= 15 is 0 Å². The van der Waals surface area contributed by atoms with Crippen molar-refractivity contribution >= 4 is 29.9 Å². The molecular formula is C26H39N7O3. The highest BCUT2D eigenvalue weighted by molar-refractivity contribution is 6.08. The molecule has 0 spiro atoms. The van der Waals surface area contributed by atoms with Gasteiger partial charge in [-0.05, 0) is 45.4 Å². The van der Waals surface area contributed by atoms with Crippen LogP contribution < -0.4 is 5.32 Å². The first-order valence-electron chi connectivity index (χ1n) is 12.9. The molecule has 1 N–H and O–H groups in total. The van der Waals surface area contributed by atoms with E-state index in [9.17, 15) is 9.59 Å². The van der Waals surface area contributed by atoms with E-state index in [-0.39, 0.29) is 30.2 Å². The number of hydrogen-bond acceptors (Lipinski definition) is 7. The number of carbonyl (C=O) groups excluding carboxylic acids is 2. The van der Waals surface area contributed by atoms with Gasteiger partial charge in [-0.1, -0.05) is 19.9 Å². The summed E-state index contributed by atoms with van der Waals surface area (Å²) in [4.78, 5) is 44.8. The fraction of sp³-hybridized carbons (Fsp3) is 0.654. The smallest absolute Gasteiger partial charge is 0.410 e. The lowest BCUT2D eigenvalue weighted by Gasteiger charge is -2.31. The zero-order valence-electron chi connectivity index (χ0n) is 22.1. The van der Waals surface area contributed by atoms with E-state index in [1.165, 1.54) is 5.57 Å². The van der Waals surface area contributed by atoms with Gasteiger partial charge >= 0.3 is 6.09 Å². The van der Waals surface area contributed by atoms with Gasteiger partial charge in [0.15, 0.2) is 5.84 Å². The van der Waals surface area contributed by atoms with E-state index in [2.05, 4.69) is 29.1 Å². The summed E-state index contributed by atoms with van der Waals surface area (Å²) >= 11 is 0. The van der Waals surface area contributed by atoms with E-state index < -0.39 is 0 Å². The summed E-state index contributed by atoms with van der Waals surface area (Å²) < 4.78 is 5.73. The second-order valence-electron chi connectivity index (χ2n) is 10.5. The fourth-order valence-corrected chi connectivity index (χ4v) is 4.88. The number of likely N-dealkylation sites (N-methyl/N-ethyl adjacent to an activating group) is 1. The van der Waals surface area contributed by atoms with Crippen LogP contribution in [0.1, 0.15) is 40.0 Å². The van der Waals surface area contributed by atoms with Crippen LogP contribution in [0.4, 0.5) is 4.79 Å². The predicted octanol–water partition coefficient (Wildman–Crippen LogP) is 2.09. The van der Waals surface area contributed by atoms with Crippen molar-refractivity contribution in [1.29, 1.82) is 0 Å². The molecule has 4 heterocycles. The van der Waals surface area contributed by atoms with Crippen LogP contribution in [-0.4, -0.2) is 110 Å². The van der Waals surface area contributed by atoms with Gasteiger partial charge in [0.1, 0.15) is 18.0 Å². The highest BCUT2D eigenvalue weighted by Crippen LogP contribution is 2.27. The van der Waals surface area contributed by atoms with Crippen LogP contribution in [0.15, 0.2) is 38.4 Å². The molecule has 36 heavy (non-hydrogen) atoms. The van der Waals surface area contributed by atoms with Crippen molar-refractivity contribution in [3.63, 3.8) is 0 Å². The predicted molar refractivity (Wildman–Crippen MR) is 142 cm³/mol. The minimum absolute atomic E-state index is 0.0313. The zero-order chi connectivity index (χ0) is 25.8. The van der Waals surface area contributed by atoms with Crippen molar-refractivity contribution in [3.05, 3.63) is 23.4 Å². The summed E-state index contributed by atoms with van der Waals surface area (Å²) in [5.74, 6) is 1.94. The maximum atomic E-state index is 12.8. The molecule has 10 heteroatoms. The average Bonchev–Trinajstić information content (AvgIpc) is 3.46. The topological polar surface area (TPSA) is 102 Å². The Morgan fingerprint density at radius 1 is 1.22 bits per heavy atom. The third-order valence-electron chi connectivity index (χ3n) is 6.90. The van der Waals surface area contributed by atoms with Crippen LogP contribution in [0.2, 0.25) is 0 Å². The van der Waals surface area contributed by atoms with Crippen LogP contribution in [0, 0.1) is 5.92 Å². The maximum Gasteiger partial charge on any atom is 0.410 e. The summed E-state index contributed by atoms with van der Waals surface area (Å²) in [6.07, 6.45) is 7.04.